The second-order valence-corrected chi connectivity index (χ2v) is 12.2. The van der Waals surface area contributed by atoms with Crippen LogP contribution >= 0.6 is 0 Å². The summed E-state index contributed by atoms with van der Waals surface area (Å²) in [7, 11) is -1.14. The first-order chi connectivity index (χ1) is 10.9. The summed E-state index contributed by atoms with van der Waals surface area (Å²) in [5.41, 5.74) is 3.50. The van der Waals surface area contributed by atoms with Gasteiger partial charge in [-0.2, -0.15) is 0 Å². The van der Waals surface area contributed by atoms with E-state index in [-0.39, 0.29) is 16.9 Å². The minimum atomic E-state index is -1.14. The normalized spacial score (nSPS) is 15.7. The number of aryl methyl sites for hydroxylation is 1. The molecular formula is C19H20O3Si. The maximum absolute atomic E-state index is 12.7. The Morgan fingerprint density at radius 2 is 1.70 bits per heavy atom. The van der Waals surface area contributed by atoms with Gasteiger partial charge < -0.3 is 5.11 Å². The van der Waals surface area contributed by atoms with E-state index in [4.69, 9.17) is 0 Å². The molecule has 0 aliphatic carbocycles. The Morgan fingerprint density at radius 1 is 1.00 bits per heavy atom. The van der Waals surface area contributed by atoms with Gasteiger partial charge >= 0.3 is 5.97 Å². The van der Waals surface area contributed by atoms with E-state index in [0.29, 0.717) is 5.56 Å². The third kappa shape index (κ3) is 3.12. The Balaban J connectivity index is 1.98. The van der Waals surface area contributed by atoms with Crippen molar-refractivity contribution in [3.63, 3.8) is 0 Å². The SMILES string of the molecule is C[Si]1(C)CCc2cc(C(=O)c3ccccc3C(=O)O)ccc2C1. The first-order valence-electron chi connectivity index (χ1n) is 7.86. The van der Waals surface area contributed by atoms with Gasteiger partial charge in [0.2, 0.25) is 0 Å². The van der Waals surface area contributed by atoms with Gasteiger partial charge in [-0.3, -0.25) is 4.79 Å². The van der Waals surface area contributed by atoms with Gasteiger partial charge in [0.1, 0.15) is 0 Å². The Morgan fingerprint density at radius 3 is 2.39 bits per heavy atom. The molecule has 4 heteroatoms. The second kappa shape index (κ2) is 5.78. The molecule has 0 saturated heterocycles. The molecule has 118 valence electrons. The average molecular weight is 324 g/mol. The molecule has 2 aromatic carbocycles. The van der Waals surface area contributed by atoms with Crippen molar-refractivity contribution in [2.24, 2.45) is 0 Å². The minimum absolute atomic E-state index is 0.0590. The third-order valence-corrected chi connectivity index (χ3v) is 7.55. The molecule has 3 nitrogen and oxygen atoms in total. The van der Waals surface area contributed by atoms with Gasteiger partial charge in [0.25, 0.3) is 0 Å². The molecule has 0 saturated carbocycles. The number of carbonyl (C=O) groups is 2. The van der Waals surface area contributed by atoms with E-state index in [9.17, 15) is 14.7 Å². The number of fused-ring (bicyclic) bond motifs is 1. The van der Waals surface area contributed by atoms with Gasteiger partial charge in [0.15, 0.2) is 5.78 Å². The van der Waals surface area contributed by atoms with Crippen molar-refractivity contribution in [3.05, 3.63) is 70.3 Å². The summed E-state index contributed by atoms with van der Waals surface area (Å²) >= 11 is 0. The number of carbonyl (C=O) groups excluding carboxylic acids is 1. The zero-order chi connectivity index (χ0) is 16.6. The van der Waals surface area contributed by atoms with Crippen LogP contribution < -0.4 is 0 Å². The number of carboxylic acids is 1. The van der Waals surface area contributed by atoms with Crippen LogP contribution in [0.5, 0.6) is 0 Å². The van der Waals surface area contributed by atoms with Crippen LogP contribution in [0.2, 0.25) is 19.1 Å². The van der Waals surface area contributed by atoms with Crippen molar-refractivity contribution in [3.8, 4) is 0 Å². The van der Waals surface area contributed by atoms with Crippen molar-refractivity contribution in [1.29, 1.82) is 0 Å². The Kier molecular flexibility index (Phi) is 3.94. The maximum Gasteiger partial charge on any atom is 0.336 e. The summed E-state index contributed by atoms with van der Waals surface area (Å²) in [4.78, 5) is 24.0. The van der Waals surface area contributed by atoms with Gasteiger partial charge in [-0.1, -0.05) is 49.5 Å². The predicted octanol–water partition coefficient (Wildman–Crippen LogP) is 3.96. The van der Waals surface area contributed by atoms with E-state index in [1.54, 1.807) is 18.2 Å². The topological polar surface area (TPSA) is 54.4 Å². The Labute approximate surface area is 137 Å². The van der Waals surface area contributed by atoms with Crippen molar-refractivity contribution >= 4 is 19.8 Å². The van der Waals surface area contributed by atoms with Crippen LogP contribution in [0.3, 0.4) is 0 Å². The zero-order valence-corrected chi connectivity index (χ0v) is 14.4. The number of carboxylic acid groups (broad SMARTS) is 1. The van der Waals surface area contributed by atoms with E-state index in [1.807, 2.05) is 12.1 Å². The van der Waals surface area contributed by atoms with Gasteiger partial charge in [0.05, 0.1) is 13.6 Å². The fraction of sp³-hybridized carbons (Fsp3) is 0.263. The fourth-order valence-electron chi connectivity index (χ4n) is 3.27. The van der Waals surface area contributed by atoms with Crippen LogP contribution in [0.25, 0.3) is 0 Å². The highest BCUT2D eigenvalue weighted by molar-refractivity contribution is 6.77. The number of hydrogen-bond donors (Lipinski definition) is 1. The number of ketones is 1. The highest BCUT2D eigenvalue weighted by Crippen LogP contribution is 2.29. The fourth-order valence-corrected chi connectivity index (χ4v) is 5.77. The smallest absolute Gasteiger partial charge is 0.336 e. The van der Waals surface area contributed by atoms with Crippen LogP contribution in [-0.4, -0.2) is 24.9 Å². The summed E-state index contributed by atoms with van der Waals surface area (Å²) in [5.74, 6) is -1.28. The standard InChI is InChI=1S/C19H20O3Si/c1-23(2)10-9-13-11-14(7-8-15(13)12-23)18(20)16-5-3-4-6-17(16)19(21)22/h3-8,11H,9-10,12H2,1-2H3,(H,21,22). The van der Waals surface area contributed by atoms with E-state index in [0.717, 1.165) is 12.5 Å². The molecule has 0 unspecified atom stereocenters. The molecule has 2 aromatic rings. The summed E-state index contributed by atoms with van der Waals surface area (Å²) in [6, 6.07) is 14.6. The molecular weight excluding hydrogens is 304 g/mol. The van der Waals surface area contributed by atoms with E-state index < -0.39 is 14.0 Å². The predicted molar refractivity (Wildman–Crippen MR) is 93.0 cm³/mol. The molecule has 23 heavy (non-hydrogen) atoms. The summed E-state index contributed by atoms with van der Waals surface area (Å²) in [5, 5.41) is 9.26. The number of aromatic carboxylic acids is 1. The van der Waals surface area contributed by atoms with Gasteiger partial charge in [0, 0.05) is 11.1 Å². The van der Waals surface area contributed by atoms with Crippen molar-refractivity contribution < 1.29 is 14.7 Å². The minimum Gasteiger partial charge on any atom is -0.478 e. The van der Waals surface area contributed by atoms with Crippen molar-refractivity contribution in [1.82, 2.24) is 0 Å². The van der Waals surface area contributed by atoms with Crippen LogP contribution in [0.1, 0.15) is 37.4 Å². The molecule has 0 bridgehead atoms. The number of benzene rings is 2. The Bertz CT molecular complexity index is 793. The molecule has 0 amide bonds. The third-order valence-electron chi connectivity index (χ3n) is 4.61. The molecule has 3 rings (SSSR count). The van der Waals surface area contributed by atoms with Gasteiger partial charge in [-0.15, -0.1) is 0 Å². The van der Waals surface area contributed by atoms with Crippen molar-refractivity contribution in [2.45, 2.75) is 31.6 Å². The Hall–Kier alpha value is -2.20. The summed E-state index contributed by atoms with van der Waals surface area (Å²) in [6.45, 7) is 4.80. The first-order valence-corrected chi connectivity index (χ1v) is 11.3. The lowest BCUT2D eigenvalue weighted by Gasteiger charge is -2.29. The lowest BCUT2D eigenvalue weighted by molar-refractivity contribution is 0.0693. The summed E-state index contributed by atoms with van der Waals surface area (Å²) in [6.07, 6.45) is 1.02. The highest BCUT2D eigenvalue weighted by atomic mass is 28.3. The molecule has 0 aromatic heterocycles. The monoisotopic (exact) mass is 324 g/mol. The lowest BCUT2D eigenvalue weighted by Crippen LogP contribution is -2.33. The van der Waals surface area contributed by atoms with E-state index >= 15 is 0 Å². The quantitative estimate of drug-likeness (QED) is 0.687. The molecule has 1 N–H and O–H groups in total. The molecule has 1 aliphatic rings. The molecule has 0 atom stereocenters. The summed E-state index contributed by atoms with van der Waals surface area (Å²) < 4.78 is 0. The van der Waals surface area contributed by atoms with Gasteiger partial charge in [-0.25, -0.2) is 4.79 Å². The van der Waals surface area contributed by atoms with E-state index in [1.165, 1.54) is 23.2 Å². The number of rotatable bonds is 3. The van der Waals surface area contributed by atoms with Crippen LogP contribution in [0.4, 0.5) is 0 Å². The molecule has 0 spiro atoms. The molecule has 1 aliphatic heterocycles. The van der Waals surface area contributed by atoms with Crippen LogP contribution in [0, 0.1) is 0 Å². The first kappa shape index (κ1) is 15.7. The zero-order valence-electron chi connectivity index (χ0n) is 13.4. The number of hydrogen-bond acceptors (Lipinski definition) is 2. The van der Waals surface area contributed by atoms with Crippen LogP contribution in [-0.2, 0) is 12.5 Å². The van der Waals surface area contributed by atoms with E-state index in [2.05, 4.69) is 19.2 Å². The molecule has 1 heterocycles. The average Bonchev–Trinajstić information content (AvgIpc) is 2.53. The highest BCUT2D eigenvalue weighted by Gasteiger charge is 2.27. The molecule has 0 fully saturated rings. The largest absolute Gasteiger partial charge is 0.478 e. The van der Waals surface area contributed by atoms with Crippen molar-refractivity contribution in [2.75, 3.05) is 0 Å². The second-order valence-electron chi connectivity index (χ2n) is 7.00. The van der Waals surface area contributed by atoms with Gasteiger partial charge in [-0.05, 0) is 35.7 Å². The lowest BCUT2D eigenvalue weighted by atomic mass is 9.95. The van der Waals surface area contributed by atoms with Crippen LogP contribution in [0.15, 0.2) is 42.5 Å². The molecule has 0 radical (unpaired) electrons. The maximum atomic E-state index is 12.7.